The Balaban J connectivity index is 1.38. The third kappa shape index (κ3) is 6.70. The fourth-order valence-corrected chi connectivity index (χ4v) is 5.02. The van der Waals surface area contributed by atoms with Crippen LogP contribution in [0.3, 0.4) is 0 Å². The number of carbonyl (C=O) groups is 2. The topological polar surface area (TPSA) is 114 Å². The van der Waals surface area contributed by atoms with E-state index >= 15 is 0 Å². The van der Waals surface area contributed by atoms with Crippen LogP contribution in [0.1, 0.15) is 55.1 Å². The summed E-state index contributed by atoms with van der Waals surface area (Å²) in [6.45, 7) is 8.73. The number of hydrogen-bond acceptors (Lipinski definition) is 6. The monoisotopic (exact) mass is 597 g/mol. The molecule has 1 atom stereocenters. The summed E-state index contributed by atoms with van der Waals surface area (Å²) in [5.41, 5.74) is 4.19. The minimum Gasteiger partial charge on any atom is -0.368 e. The van der Waals surface area contributed by atoms with Crippen molar-refractivity contribution >= 4 is 34.7 Å². The van der Waals surface area contributed by atoms with Crippen LogP contribution in [-0.2, 0) is 22.0 Å². The molecule has 4 aromatic rings. The van der Waals surface area contributed by atoms with E-state index in [4.69, 9.17) is 4.74 Å². The van der Waals surface area contributed by atoms with Crippen LogP contribution in [0.2, 0.25) is 0 Å². The van der Waals surface area contributed by atoms with Crippen molar-refractivity contribution in [2.45, 2.75) is 52.1 Å². The molecule has 1 aliphatic rings. The molecule has 1 aliphatic heterocycles. The van der Waals surface area contributed by atoms with Crippen molar-refractivity contribution in [3.05, 3.63) is 99.7 Å². The molecule has 1 fully saturated rings. The first-order chi connectivity index (χ1) is 20.9. The third-order valence-corrected chi connectivity index (χ3v) is 7.65. The predicted molar refractivity (Wildman–Crippen MR) is 170 cm³/mol. The number of ether oxygens (including phenoxy) is 1. The van der Waals surface area contributed by atoms with E-state index < -0.39 is 23.4 Å². The highest BCUT2D eigenvalue weighted by Gasteiger charge is 2.24. The molecule has 228 valence electrons. The first kappa shape index (κ1) is 30.6. The Bertz CT molecular complexity index is 1770. The maximum Gasteiger partial charge on any atom is 0.293 e. The van der Waals surface area contributed by atoms with E-state index in [1.807, 2.05) is 49.4 Å². The van der Waals surface area contributed by atoms with E-state index in [0.717, 1.165) is 17.5 Å². The van der Waals surface area contributed by atoms with Gasteiger partial charge in [-0.2, -0.15) is 0 Å². The van der Waals surface area contributed by atoms with Crippen molar-refractivity contribution in [3.8, 4) is 11.3 Å². The second-order valence-electron chi connectivity index (χ2n) is 12.0. The zero-order valence-electron chi connectivity index (χ0n) is 25.5. The molecule has 0 spiro atoms. The first-order valence-electron chi connectivity index (χ1n) is 14.5. The van der Waals surface area contributed by atoms with Gasteiger partial charge < -0.3 is 25.3 Å². The van der Waals surface area contributed by atoms with E-state index in [2.05, 4.69) is 41.7 Å². The highest BCUT2D eigenvalue weighted by Crippen LogP contribution is 2.29. The van der Waals surface area contributed by atoms with Gasteiger partial charge in [0.2, 0.25) is 0 Å². The molecule has 10 heteroatoms. The minimum atomic E-state index is -0.616. The van der Waals surface area contributed by atoms with E-state index in [1.165, 1.54) is 22.8 Å². The number of nitrogens with zero attached hydrogens (tertiary/aromatic N) is 2. The molecule has 5 rings (SSSR count). The molecule has 3 N–H and O–H groups in total. The number of carbonyl (C=O) groups excluding carboxylic acids is 2. The number of hydrogen-bond donors (Lipinski definition) is 3. The summed E-state index contributed by atoms with van der Waals surface area (Å²) in [5.74, 6) is -1.25. The summed E-state index contributed by atoms with van der Waals surface area (Å²) in [4.78, 5) is 43.2. The van der Waals surface area contributed by atoms with Crippen LogP contribution in [0.15, 0.2) is 71.7 Å². The number of aryl methyl sites for hydroxylation is 1. The van der Waals surface area contributed by atoms with Crippen molar-refractivity contribution in [2.24, 2.45) is 7.05 Å². The molecule has 1 saturated heterocycles. The molecule has 1 unspecified atom stereocenters. The lowest BCUT2D eigenvalue weighted by atomic mass is 9.86. The summed E-state index contributed by atoms with van der Waals surface area (Å²) >= 11 is 0. The molecule has 44 heavy (non-hydrogen) atoms. The van der Waals surface area contributed by atoms with Crippen LogP contribution < -0.4 is 21.5 Å². The van der Waals surface area contributed by atoms with Crippen molar-refractivity contribution < 1.29 is 18.7 Å². The molecule has 9 nitrogen and oxygen atoms in total. The van der Waals surface area contributed by atoms with E-state index in [-0.39, 0.29) is 22.8 Å². The van der Waals surface area contributed by atoms with Crippen LogP contribution in [0.5, 0.6) is 0 Å². The molecular formula is C34H36FN5O4. The highest BCUT2D eigenvalue weighted by atomic mass is 19.1. The van der Waals surface area contributed by atoms with Gasteiger partial charge in [0.15, 0.2) is 5.82 Å². The van der Waals surface area contributed by atoms with Crippen molar-refractivity contribution in [1.82, 2.24) is 9.55 Å². The molecule has 1 aromatic heterocycles. The van der Waals surface area contributed by atoms with Gasteiger partial charge in [0.25, 0.3) is 17.4 Å². The van der Waals surface area contributed by atoms with E-state index in [1.54, 1.807) is 13.2 Å². The zero-order chi connectivity index (χ0) is 31.6. The van der Waals surface area contributed by atoms with Crippen LogP contribution in [0.25, 0.3) is 11.3 Å². The predicted octanol–water partition coefficient (Wildman–Crippen LogP) is 6.31. The van der Waals surface area contributed by atoms with Gasteiger partial charge >= 0.3 is 0 Å². The minimum absolute atomic E-state index is 0.0146. The molecule has 3 aromatic carbocycles. The lowest BCUT2D eigenvalue weighted by Gasteiger charge is -2.19. The maximum absolute atomic E-state index is 14.5. The Morgan fingerprint density at radius 3 is 2.45 bits per heavy atom. The largest absolute Gasteiger partial charge is 0.368 e. The van der Waals surface area contributed by atoms with Gasteiger partial charge in [-0.25, -0.2) is 9.37 Å². The second-order valence-corrected chi connectivity index (χ2v) is 12.0. The molecule has 0 bridgehead atoms. The lowest BCUT2D eigenvalue weighted by Crippen LogP contribution is -2.27. The summed E-state index contributed by atoms with van der Waals surface area (Å²) in [6.07, 6.45) is 2.35. The fraction of sp³-hybridized carbons (Fsp3) is 0.294. The molecule has 0 saturated carbocycles. The van der Waals surface area contributed by atoms with Crippen LogP contribution in [0, 0.1) is 12.7 Å². The molecule has 0 aliphatic carbocycles. The first-order valence-corrected chi connectivity index (χ1v) is 14.5. The molecule has 2 heterocycles. The summed E-state index contributed by atoms with van der Waals surface area (Å²) in [7, 11) is 1.61. The zero-order valence-corrected chi connectivity index (χ0v) is 25.5. The van der Waals surface area contributed by atoms with Gasteiger partial charge in [-0.15, -0.1) is 0 Å². The van der Waals surface area contributed by atoms with Crippen LogP contribution in [-0.4, -0.2) is 34.1 Å². The van der Waals surface area contributed by atoms with Crippen molar-refractivity contribution in [1.29, 1.82) is 0 Å². The smallest absolute Gasteiger partial charge is 0.293 e. The number of amides is 2. The van der Waals surface area contributed by atoms with E-state index in [9.17, 15) is 18.8 Å². The highest BCUT2D eigenvalue weighted by molar-refractivity contribution is 6.05. The summed E-state index contributed by atoms with van der Waals surface area (Å²) in [6, 6.07) is 17.1. The Morgan fingerprint density at radius 2 is 1.77 bits per heavy atom. The van der Waals surface area contributed by atoms with Gasteiger partial charge in [0.1, 0.15) is 11.9 Å². The van der Waals surface area contributed by atoms with Crippen LogP contribution >= 0.6 is 0 Å². The fourth-order valence-electron chi connectivity index (χ4n) is 5.02. The maximum atomic E-state index is 14.5. The standard InChI is InChI=1S/C34H36FN5O4/c1-20-24(8-6-9-26(20)38-31(41)21-11-13-22(14-12-21)34(2,3)4)28-19-40(5)33(43)30(37-28)36-23-15-16-25(35)27(18-23)39-32(42)29-10-7-17-44-29/h6,8-9,11-16,18-19,29H,7,10,17H2,1-5H3,(H,36,37)(H,38,41)(H,39,42). The Morgan fingerprint density at radius 1 is 1.02 bits per heavy atom. The van der Waals surface area contributed by atoms with Crippen molar-refractivity contribution in [2.75, 3.05) is 22.6 Å². The summed E-state index contributed by atoms with van der Waals surface area (Å²) < 4.78 is 21.3. The molecule has 0 radical (unpaired) electrons. The Kier molecular flexibility index (Phi) is 8.64. The number of benzene rings is 3. The Labute approximate surface area is 255 Å². The molecular weight excluding hydrogens is 561 g/mol. The number of anilines is 4. The van der Waals surface area contributed by atoms with Gasteiger partial charge in [0.05, 0.1) is 11.4 Å². The second kappa shape index (κ2) is 12.4. The van der Waals surface area contributed by atoms with Crippen molar-refractivity contribution in [3.63, 3.8) is 0 Å². The average Bonchev–Trinajstić information content (AvgIpc) is 3.53. The van der Waals surface area contributed by atoms with Gasteiger partial charge in [-0.05, 0) is 72.7 Å². The number of halogens is 1. The quantitative estimate of drug-likeness (QED) is 0.230. The number of aromatic nitrogens is 2. The van der Waals surface area contributed by atoms with E-state index in [0.29, 0.717) is 41.2 Å². The van der Waals surface area contributed by atoms with Gasteiger partial charge in [0, 0.05) is 42.4 Å². The Hall–Kier alpha value is -4.83. The van der Waals surface area contributed by atoms with Gasteiger partial charge in [-0.1, -0.05) is 45.0 Å². The van der Waals surface area contributed by atoms with Crippen LogP contribution in [0.4, 0.5) is 27.3 Å². The molecule has 2 amide bonds. The SMILES string of the molecule is Cc1c(NC(=O)c2ccc(C(C)(C)C)cc2)cccc1-c1cn(C)c(=O)c(Nc2ccc(F)c(NC(=O)C3CCCO3)c2)n1. The average molecular weight is 598 g/mol. The normalized spacial score (nSPS) is 14.7. The lowest BCUT2D eigenvalue weighted by molar-refractivity contribution is -0.124. The third-order valence-electron chi connectivity index (χ3n) is 7.65. The van der Waals surface area contributed by atoms with Gasteiger partial charge in [-0.3, -0.25) is 14.4 Å². The summed E-state index contributed by atoms with van der Waals surface area (Å²) in [5, 5.41) is 8.54. The number of nitrogens with one attached hydrogen (secondary N) is 3. The number of rotatable bonds is 7.